The maximum absolute atomic E-state index is 9.31. The number of piperidine rings is 1. The first-order valence-corrected chi connectivity index (χ1v) is 6.51. The van der Waals surface area contributed by atoms with Gasteiger partial charge in [0.05, 0.1) is 5.56 Å². The summed E-state index contributed by atoms with van der Waals surface area (Å²) in [5.74, 6) is 1.36. The van der Waals surface area contributed by atoms with Crippen LogP contribution >= 0.6 is 0 Å². The second kappa shape index (κ2) is 5.36. The molecule has 2 heterocycles. The minimum absolute atomic E-state index is 0.292. The van der Waals surface area contributed by atoms with E-state index in [2.05, 4.69) is 22.9 Å². The number of pyridine rings is 1. The van der Waals surface area contributed by atoms with Gasteiger partial charge >= 0.3 is 0 Å². The lowest BCUT2D eigenvalue weighted by Crippen LogP contribution is -2.49. The lowest BCUT2D eigenvalue weighted by molar-refractivity contribution is 0.348. The third kappa shape index (κ3) is 2.19. The summed E-state index contributed by atoms with van der Waals surface area (Å²) in [6.45, 7) is 5.74. The molecule has 0 bridgehead atoms. The number of hydrogen-bond acceptors (Lipinski definition) is 4. The van der Waals surface area contributed by atoms with Crippen molar-refractivity contribution in [1.82, 2.24) is 4.98 Å². The molecule has 1 fully saturated rings. The maximum Gasteiger partial charge on any atom is 0.147 e. The van der Waals surface area contributed by atoms with Gasteiger partial charge in [0.2, 0.25) is 0 Å². The minimum atomic E-state index is 0.292. The molecule has 4 nitrogen and oxygen atoms in total. The fourth-order valence-electron chi connectivity index (χ4n) is 2.77. The molecule has 1 aliphatic rings. The van der Waals surface area contributed by atoms with E-state index in [4.69, 9.17) is 5.73 Å². The summed E-state index contributed by atoms with van der Waals surface area (Å²) in [6, 6.07) is 4.45. The zero-order valence-electron chi connectivity index (χ0n) is 11.1. The summed E-state index contributed by atoms with van der Waals surface area (Å²) >= 11 is 0. The molecule has 2 unspecified atom stereocenters. The van der Waals surface area contributed by atoms with Crippen LogP contribution in [0.4, 0.5) is 5.82 Å². The molecule has 1 saturated heterocycles. The smallest absolute Gasteiger partial charge is 0.147 e. The van der Waals surface area contributed by atoms with Crippen molar-refractivity contribution in [3.05, 3.63) is 23.4 Å². The molecule has 0 saturated carbocycles. The molecule has 1 aromatic heterocycles. The zero-order valence-corrected chi connectivity index (χ0v) is 11.1. The highest BCUT2D eigenvalue weighted by Gasteiger charge is 2.29. The van der Waals surface area contributed by atoms with Crippen LogP contribution in [0.25, 0.3) is 0 Å². The summed E-state index contributed by atoms with van der Waals surface area (Å²) < 4.78 is 0. The number of nitrogens with zero attached hydrogens (tertiary/aromatic N) is 3. The number of anilines is 1. The first kappa shape index (κ1) is 12.8. The molecule has 1 aromatic rings. The van der Waals surface area contributed by atoms with Crippen molar-refractivity contribution >= 4 is 5.82 Å². The summed E-state index contributed by atoms with van der Waals surface area (Å²) in [5.41, 5.74) is 7.57. The van der Waals surface area contributed by atoms with E-state index in [-0.39, 0.29) is 0 Å². The topological polar surface area (TPSA) is 65.9 Å². The van der Waals surface area contributed by atoms with Gasteiger partial charge in [0, 0.05) is 25.3 Å². The highest BCUT2D eigenvalue weighted by atomic mass is 15.2. The van der Waals surface area contributed by atoms with Gasteiger partial charge in [-0.3, -0.25) is 0 Å². The van der Waals surface area contributed by atoms with Crippen molar-refractivity contribution in [2.75, 3.05) is 18.0 Å². The molecule has 0 amide bonds. The van der Waals surface area contributed by atoms with E-state index in [9.17, 15) is 5.26 Å². The molecule has 18 heavy (non-hydrogen) atoms. The van der Waals surface area contributed by atoms with Crippen molar-refractivity contribution < 1.29 is 0 Å². The fraction of sp³-hybridized carbons (Fsp3) is 0.571. The molecular weight excluding hydrogens is 224 g/mol. The Morgan fingerprint density at radius 3 is 3.06 bits per heavy atom. The van der Waals surface area contributed by atoms with Gasteiger partial charge in [0.15, 0.2) is 0 Å². The molecule has 0 aliphatic carbocycles. The SMILES string of the molecule is Cc1ccnc(N2CCCC(C)C2CN)c1C#N. The van der Waals surface area contributed by atoms with E-state index in [0.717, 1.165) is 24.3 Å². The zero-order chi connectivity index (χ0) is 13.1. The second-order valence-corrected chi connectivity index (χ2v) is 5.05. The van der Waals surface area contributed by atoms with E-state index in [1.807, 2.05) is 13.0 Å². The molecule has 2 N–H and O–H groups in total. The standard InChI is InChI=1S/C14H20N4/c1-10-5-6-17-14(12(10)8-15)18-7-3-4-11(2)13(18)9-16/h5-6,11,13H,3-4,7,9,16H2,1-2H3. The number of nitrogens with two attached hydrogens (primary N) is 1. The highest BCUT2D eigenvalue weighted by molar-refractivity contribution is 5.58. The molecule has 96 valence electrons. The van der Waals surface area contributed by atoms with Crippen LogP contribution in [0, 0.1) is 24.2 Å². The van der Waals surface area contributed by atoms with E-state index in [1.54, 1.807) is 6.20 Å². The third-order valence-corrected chi connectivity index (χ3v) is 3.88. The van der Waals surface area contributed by atoms with Crippen LogP contribution in [0.5, 0.6) is 0 Å². The Morgan fingerprint density at radius 1 is 1.61 bits per heavy atom. The molecule has 2 rings (SSSR count). The van der Waals surface area contributed by atoms with Crippen LogP contribution in [-0.2, 0) is 0 Å². The Kier molecular flexibility index (Phi) is 3.83. The Labute approximate surface area is 108 Å². The summed E-state index contributed by atoms with van der Waals surface area (Å²) in [6.07, 6.45) is 4.11. The largest absolute Gasteiger partial charge is 0.351 e. The molecule has 0 spiro atoms. The summed E-state index contributed by atoms with van der Waals surface area (Å²) in [7, 11) is 0. The summed E-state index contributed by atoms with van der Waals surface area (Å²) in [4.78, 5) is 6.64. The first-order valence-electron chi connectivity index (χ1n) is 6.51. The van der Waals surface area contributed by atoms with Gasteiger partial charge in [0.1, 0.15) is 11.9 Å². The molecule has 2 atom stereocenters. The lowest BCUT2D eigenvalue weighted by atomic mass is 9.90. The predicted molar refractivity (Wildman–Crippen MR) is 72.3 cm³/mol. The van der Waals surface area contributed by atoms with Crippen LogP contribution in [0.15, 0.2) is 12.3 Å². The number of nitriles is 1. The van der Waals surface area contributed by atoms with Crippen LogP contribution in [0.3, 0.4) is 0 Å². The van der Waals surface area contributed by atoms with Gasteiger partial charge < -0.3 is 10.6 Å². The minimum Gasteiger partial charge on any atom is -0.351 e. The maximum atomic E-state index is 9.31. The van der Waals surface area contributed by atoms with Crippen LogP contribution in [0.2, 0.25) is 0 Å². The molecule has 0 radical (unpaired) electrons. The highest BCUT2D eigenvalue weighted by Crippen LogP contribution is 2.29. The van der Waals surface area contributed by atoms with Crippen LogP contribution in [-0.4, -0.2) is 24.1 Å². The van der Waals surface area contributed by atoms with Crippen LogP contribution in [0.1, 0.15) is 30.9 Å². The van der Waals surface area contributed by atoms with Crippen molar-refractivity contribution in [2.24, 2.45) is 11.7 Å². The van der Waals surface area contributed by atoms with Gasteiger partial charge in [-0.1, -0.05) is 6.92 Å². The average molecular weight is 244 g/mol. The van der Waals surface area contributed by atoms with E-state index in [1.165, 1.54) is 6.42 Å². The van der Waals surface area contributed by atoms with E-state index >= 15 is 0 Å². The molecule has 0 aromatic carbocycles. The Hall–Kier alpha value is -1.60. The van der Waals surface area contributed by atoms with Gasteiger partial charge in [-0.2, -0.15) is 5.26 Å². The number of aromatic nitrogens is 1. The molecule has 1 aliphatic heterocycles. The van der Waals surface area contributed by atoms with Crippen molar-refractivity contribution in [2.45, 2.75) is 32.7 Å². The van der Waals surface area contributed by atoms with Gasteiger partial charge in [-0.15, -0.1) is 0 Å². The second-order valence-electron chi connectivity index (χ2n) is 5.05. The average Bonchev–Trinajstić information content (AvgIpc) is 2.38. The monoisotopic (exact) mass is 244 g/mol. The van der Waals surface area contributed by atoms with Crippen LogP contribution < -0.4 is 10.6 Å². The summed E-state index contributed by atoms with van der Waals surface area (Å²) in [5, 5.41) is 9.31. The van der Waals surface area contributed by atoms with Crippen molar-refractivity contribution in [3.63, 3.8) is 0 Å². The predicted octanol–water partition coefficient (Wildman–Crippen LogP) is 1.83. The molecule has 4 heteroatoms. The van der Waals surface area contributed by atoms with Gasteiger partial charge in [0.25, 0.3) is 0 Å². The normalized spacial score (nSPS) is 23.8. The van der Waals surface area contributed by atoms with Crippen molar-refractivity contribution in [1.29, 1.82) is 5.26 Å². The quantitative estimate of drug-likeness (QED) is 0.862. The van der Waals surface area contributed by atoms with Gasteiger partial charge in [-0.25, -0.2) is 4.98 Å². The molecular formula is C14H20N4. The third-order valence-electron chi connectivity index (χ3n) is 3.88. The fourth-order valence-corrected chi connectivity index (χ4v) is 2.77. The Morgan fingerprint density at radius 2 is 2.39 bits per heavy atom. The number of rotatable bonds is 2. The van der Waals surface area contributed by atoms with Gasteiger partial charge in [-0.05, 0) is 37.3 Å². The van der Waals surface area contributed by atoms with E-state index in [0.29, 0.717) is 24.1 Å². The Bertz CT molecular complexity index is 463. The number of hydrogen-bond donors (Lipinski definition) is 1. The van der Waals surface area contributed by atoms with E-state index < -0.39 is 0 Å². The Balaban J connectivity index is 2.41. The lowest BCUT2D eigenvalue weighted by Gasteiger charge is -2.40. The number of aryl methyl sites for hydroxylation is 1. The van der Waals surface area contributed by atoms with Crippen molar-refractivity contribution in [3.8, 4) is 6.07 Å². The first-order chi connectivity index (χ1) is 8.69.